The molecule has 0 fully saturated rings. The van der Waals surface area contributed by atoms with E-state index in [4.69, 9.17) is 11.6 Å². The molecular weight excluding hydrogens is 228 g/mol. The highest BCUT2D eigenvalue weighted by atomic mass is 35.5. The second kappa shape index (κ2) is 4.53. The smallest absolute Gasteiger partial charge is 0.258 e. The molecule has 3 nitrogen and oxygen atoms in total. The molecule has 0 bridgehead atoms. The highest BCUT2D eigenvalue weighted by Gasteiger charge is 2.21. The van der Waals surface area contributed by atoms with Gasteiger partial charge < -0.3 is 0 Å². The second-order valence-electron chi connectivity index (χ2n) is 2.84. The van der Waals surface area contributed by atoms with Gasteiger partial charge in [0.15, 0.2) is 0 Å². The molecule has 1 aromatic rings. The van der Waals surface area contributed by atoms with Gasteiger partial charge in [-0.05, 0) is 12.5 Å². The summed E-state index contributed by atoms with van der Waals surface area (Å²) in [5.74, 6) is -0.901. The Hall–Kier alpha value is -1.23. The number of nitro groups is 1. The van der Waals surface area contributed by atoms with Crippen LogP contribution in [0.4, 0.5) is 14.5 Å². The van der Waals surface area contributed by atoms with E-state index in [-0.39, 0.29) is 17.0 Å². The minimum Gasteiger partial charge on any atom is -0.258 e. The zero-order valence-corrected chi connectivity index (χ0v) is 8.30. The van der Waals surface area contributed by atoms with E-state index in [1.54, 1.807) is 0 Å². The fourth-order valence-corrected chi connectivity index (χ4v) is 1.31. The van der Waals surface area contributed by atoms with Crippen molar-refractivity contribution < 1.29 is 13.7 Å². The van der Waals surface area contributed by atoms with Crippen LogP contribution in [-0.2, 0) is 0 Å². The molecule has 1 rings (SSSR count). The van der Waals surface area contributed by atoms with Gasteiger partial charge in [0.25, 0.3) is 5.69 Å². The van der Waals surface area contributed by atoms with Gasteiger partial charge in [-0.2, -0.15) is 0 Å². The van der Waals surface area contributed by atoms with E-state index in [0.29, 0.717) is 0 Å². The lowest BCUT2D eigenvalue weighted by Crippen LogP contribution is -1.98. The second-order valence-corrected chi connectivity index (χ2v) is 3.25. The van der Waals surface area contributed by atoms with Crippen LogP contribution in [0.15, 0.2) is 12.1 Å². The Morgan fingerprint density at radius 1 is 1.60 bits per heavy atom. The molecule has 0 saturated carbocycles. The van der Waals surface area contributed by atoms with Gasteiger partial charge in [0.2, 0.25) is 0 Å². The number of alkyl halides is 1. The highest BCUT2D eigenvalue weighted by molar-refractivity contribution is 6.32. The summed E-state index contributed by atoms with van der Waals surface area (Å²) >= 11 is 5.42. The van der Waals surface area contributed by atoms with E-state index in [0.717, 1.165) is 12.1 Å². The number of benzene rings is 1. The average Bonchev–Trinajstić information content (AvgIpc) is 2.16. The van der Waals surface area contributed by atoms with Crippen LogP contribution in [-0.4, -0.2) is 4.92 Å². The maximum atomic E-state index is 13.2. The molecule has 0 amide bonds. The minimum absolute atomic E-state index is 0.199. The predicted molar refractivity (Wildman–Crippen MR) is 51.9 cm³/mol. The van der Waals surface area contributed by atoms with Crippen molar-refractivity contribution in [1.29, 1.82) is 0 Å². The number of nitro benzene ring substituents is 1. The summed E-state index contributed by atoms with van der Waals surface area (Å²) in [7, 11) is 0. The number of nitrogens with zero attached hydrogens (tertiary/aromatic N) is 1. The molecular formula is C9H7ClF2NO2. The quantitative estimate of drug-likeness (QED) is 0.592. The summed E-state index contributed by atoms with van der Waals surface area (Å²) in [6.07, 6.45) is -1.86. The van der Waals surface area contributed by atoms with Gasteiger partial charge >= 0.3 is 0 Å². The Kier molecular flexibility index (Phi) is 3.57. The molecule has 0 aliphatic carbocycles. The molecule has 0 saturated heterocycles. The molecule has 0 N–H and O–H groups in total. The minimum atomic E-state index is -1.67. The third kappa shape index (κ3) is 2.41. The van der Waals surface area contributed by atoms with Crippen LogP contribution in [0, 0.1) is 22.9 Å². The summed E-state index contributed by atoms with van der Waals surface area (Å²) in [6, 6.07) is 1.53. The van der Waals surface area contributed by atoms with Gasteiger partial charge in [-0.15, -0.1) is 0 Å². The van der Waals surface area contributed by atoms with Gasteiger partial charge in [0, 0.05) is 11.6 Å². The molecule has 15 heavy (non-hydrogen) atoms. The normalized spacial score (nSPS) is 12.5. The first kappa shape index (κ1) is 11.8. The first-order valence-corrected chi connectivity index (χ1v) is 4.41. The number of hydrogen-bond donors (Lipinski definition) is 0. The van der Waals surface area contributed by atoms with Crippen molar-refractivity contribution in [3.63, 3.8) is 0 Å². The van der Waals surface area contributed by atoms with E-state index in [1.807, 2.05) is 0 Å². The fraction of sp³-hybridized carbons (Fsp3) is 0.222. The summed E-state index contributed by atoms with van der Waals surface area (Å²) in [4.78, 5) is 9.67. The molecule has 1 radical (unpaired) electrons. The van der Waals surface area contributed by atoms with Crippen molar-refractivity contribution in [2.45, 2.75) is 12.6 Å². The van der Waals surface area contributed by atoms with E-state index >= 15 is 0 Å². The fourth-order valence-electron chi connectivity index (χ4n) is 1.09. The first-order chi connectivity index (χ1) is 6.97. The number of halogens is 3. The van der Waals surface area contributed by atoms with Gasteiger partial charge in [-0.3, -0.25) is 10.1 Å². The summed E-state index contributed by atoms with van der Waals surface area (Å²) in [5.41, 5.74) is -0.898. The third-order valence-corrected chi connectivity index (χ3v) is 2.16. The molecule has 0 heterocycles. The Morgan fingerprint density at radius 2 is 2.20 bits per heavy atom. The first-order valence-electron chi connectivity index (χ1n) is 4.04. The van der Waals surface area contributed by atoms with Crippen LogP contribution in [0.2, 0.25) is 5.02 Å². The monoisotopic (exact) mass is 234 g/mol. The van der Waals surface area contributed by atoms with Crippen molar-refractivity contribution in [2.24, 2.45) is 0 Å². The zero-order valence-electron chi connectivity index (χ0n) is 7.54. The molecule has 0 aromatic heterocycles. The standard InChI is InChI=1S/C9H7ClF2NO2/c1-2-7(11)5-3-9(13(14)15)6(10)4-8(5)12/h3-4,7H,1-2H2/t7-/m1/s1. The summed E-state index contributed by atoms with van der Waals surface area (Å²) < 4.78 is 26.3. The lowest BCUT2D eigenvalue weighted by atomic mass is 10.1. The zero-order chi connectivity index (χ0) is 11.6. The highest BCUT2D eigenvalue weighted by Crippen LogP contribution is 2.32. The van der Waals surface area contributed by atoms with Gasteiger partial charge in [0.1, 0.15) is 17.0 Å². The average molecular weight is 235 g/mol. The van der Waals surface area contributed by atoms with E-state index in [9.17, 15) is 18.9 Å². The molecule has 81 valence electrons. The summed E-state index contributed by atoms with van der Waals surface area (Å²) in [5, 5.41) is 10.1. The maximum Gasteiger partial charge on any atom is 0.288 e. The Balaban J connectivity index is 3.29. The van der Waals surface area contributed by atoms with Crippen LogP contribution in [0.3, 0.4) is 0 Å². The van der Waals surface area contributed by atoms with Gasteiger partial charge in [-0.1, -0.05) is 18.5 Å². The molecule has 1 aromatic carbocycles. The van der Waals surface area contributed by atoms with E-state index in [1.165, 1.54) is 0 Å². The predicted octanol–water partition coefficient (Wildman–Crippen LogP) is 3.62. The summed E-state index contributed by atoms with van der Waals surface area (Å²) in [6.45, 7) is 3.26. The van der Waals surface area contributed by atoms with Crippen LogP contribution in [0.1, 0.15) is 18.2 Å². The molecule has 1 atom stereocenters. The van der Waals surface area contributed by atoms with Crippen molar-refractivity contribution >= 4 is 17.3 Å². The van der Waals surface area contributed by atoms with Crippen LogP contribution < -0.4 is 0 Å². The van der Waals surface area contributed by atoms with Crippen molar-refractivity contribution in [3.05, 3.63) is 45.6 Å². The molecule has 0 unspecified atom stereocenters. The molecule has 0 aliphatic heterocycles. The van der Waals surface area contributed by atoms with Crippen LogP contribution in [0.5, 0.6) is 0 Å². The van der Waals surface area contributed by atoms with E-state index < -0.39 is 22.6 Å². The number of rotatable bonds is 3. The third-order valence-electron chi connectivity index (χ3n) is 1.85. The topological polar surface area (TPSA) is 43.1 Å². The van der Waals surface area contributed by atoms with Crippen LogP contribution in [0.25, 0.3) is 0 Å². The maximum absolute atomic E-state index is 13.2. The lowest BCUT2D eigenvalue weighted by molar-refractivity contribution is -0.384. The largest absolute Gasteiger partial charge is 0.288 e. The SMILES string of the molecule is [CH2]C[C@@H](F)c1cc([N+](=O)[O-])c(Cl)cc1F. The Bertz CT molecular complexity index is 398. The van der Waals surface area contributed by atoms with Crippen molar-refractivity contribution in [2.75, 3.05) is 0 Å². The Morgan fingerprint density at radius 3 is 2.67 bits per heavy atom. The van der Waals surface area contributed by atoms with Gasteiger partial charge in [-0.25, -0.2) is 8.78 Å². The van der Waals surface area contributed by atoms with Crippen LogP contribution >= 0.6 is 11.6 Å². The molecule has 6 heteroatoms. The Labute approximate surface area is 89.8 Å². The molecule has 0 spiro atoms. The molecule has 0 aliphatic rings. The lowest BCUT2D eigenvalue weighted by Gasteiger charge is -2.07. The van der Waals surface area contributed by atoms with E-state index in [2.05, 4.69) is 6.92 Å². The van der Waals surface area contributed by atoms with Crippen molar-refractivity contribution in [1.82, 2.24) is 0 Å². The van der Waals surface area contributed by atoms with Gasteiger partial charge in [0.05, 0.1) is 4.92 Å². The van der Waals surface area contributed by atoms with Crippen molar-refractivity contribution in [3.8, 4) is 0 Å². The number of hydrogen-bond acceptors (Lipinski definition) is 2.